The molecule has 0 aliphatic heterocycles. The standard InChI is InChI=1S/C16H28N2O2/c1-3-5-11-19-12-6-9-18-14-7-8-15(17)16(13-14)20-10-4-2/h7-8,13,18H,3-6,9-12,17H2,1-2H3. The van der Waals surface area contributed by atoms with Gasteiger partial charge in [0.2, 0.25) is 0 Å². The van der Waals surface area contributed by atoms with Crippen LogP contribution < -0.4 is 15.8 Å². The third-order valence-corrected chi connectivity index (χ3v) is 2.91. The fourth-order valence-corrected chi connectivity index (χ4v) is 1.74. The summed E-state index contributed by atoms with van der Waals surface area (Å²) in [6, 6.07) is 5.82. The Hall–Kier alpha value is -1.42. The minimum Gasteiger partial charge on any atom is -0.491 e. The minimum absolute atomic E-state index is 0.687. The van der Waals surface area contributed by atoms with E-state index in [9.17, 15) is 0 Å². The predicted molar refractivity (Wildman–Crippen MR) is 85.5 cm³/mol. The Kier molecular flexibility index (Phi) is 8.63. The van der Waals surface area contributed by atoms with E-state index in [1.54, 1.807) is 0 Å². The van der Waals surface area contributed by atoms with Crippen molar-refractivity contribution in [3.8, 4) is 5.75 Å². The van der Waals surface area contributed by atoms with Crippen LogP contribution in [0.4, 0.5) is 11.4 Å². The van der Waals surface area contributed by atoms with E-state index in [0.717, 1.165) is 50.5 Å². The molecule has 0 bridgehead atoms. The quantitative estimate of drug-likeness (QED) is 0.479. The highest BCUT2D eigenvalue weighted by atomic mass is 16.5. The lowest BCUT2D eigenvalue weighted by atomic mass is 10.2. The molecule has 1 aromatic carbocycles. The van der Waals surface area contributed by atoms with E-state index in [0.29, 0.717) is 12.3 Å². The molecule has 0 saturated heterocycles. The number of anilines is 2. The first-order valence-electron chi connectivity index (χ1n) is 7.61. The molecule has 0 aliphatic carbocycles. The van der Waals surface area contributed by atoms with Gasteiger partial charge in [-0.05, 0) is 31.4 Å². The molecular formula is C16H28N2O2. The van der Waals surface area contributed by atoms with Crippen molar-refractivity contribution in [2.24, 2.45) is 0 Å². The molecule has 1 rings (SSSR count). The summed E-state index contributed by atoms with van der Waals surface area (Å²) in [5.41, 5.74) is 7.61. The van der Waals surface area contributed by atoms with Gasteiger partial charge in [0.15, 0.2) is 0 Å². The van der Waals surface area contributed by atoms with Crippen LogP contribution in [0.15, 0.2) is 18.2 Å². The first-order valence-corrected chi connectivity index (χ1v) is 7.61. The largest absolute Gasteiger partial charge is 0.491 e. The first-order chi connectivity index (χ1) is 9.77. The summed E-state index contributed by atoms with van der Waals surface area (Å²) in [6.07, 6.45) is 4.30. The maximum atomic E-state index is 5.88. The summed E-state index contributed by atoms with van der Waals surface area (Å²) in [4.78, 5) is 0. The van der Waals surface area contributed by atoms with E-state index >= 15 is 0 Å². The van der Waals surface area contributed by atoms with Gasteiger partial charge in [0.1, 0.15) is 5.75 Å². The monoisotopic (exact) mass is 280 g/mol. The second-order valence-electron chi connectivity index (χ2n) is 4.85. The number of nitrogens with two attached hydrogens (primary N) is 1. The van der Waals surface area contributed by atoms with Crippen molar-refractivity contribution in [2.45, 2.75) is 39.5 Å². The van der Waals surface area contributed by atoms with Crippen LogP contribution in [0.2, 0.25) is 0 Å². The highest BCUT2D eigenvalue weighted by molar-refractivity contribution is 5.61. The maximum Gasteiger partial charge on any atom is 0.144 e. The number of rotatable bonds is 11. The SMILES string of the molecule is CCCCOCCCNc1ccc(N)c(OCCC)c1. The van der Waals surface area contributed by atoms with E-state index in [2.05, 4.69) is 19.2 Å². The van der Waals surface area contributed by atoms with Crippen LogP contribution in [0.3, 0.4) is 0 Å². The molecule has 0 heterocycles. The highest BCUT2D eigenvalue weighted by Crippen LogP contribution is 2.25. The Labute approximate surface area is 122 Å². The fourth-order valence-electron chi connectivity index (χ4n) is 1.74. The lowest BCUT2D eigenvalue weighted by molar-refractivity contribution is 0.131. The van der Waals surface area contributed by atoms with Gasteiger partial charge in [-0.1, -0.05) is 20.3 Å². The molecule has 0 radical (unpaired) electrons. The van der Waals surface area contributed by atoms with E-state index in [4.69, 9.17) is 15.2 Å². The zero-order valence-electron chi connectivity index (χ0n) is 12.8. The van der Waals surface area contributed by atoms with E-state index in [1.807, 2.05) is 18.2 Å². The van der Waals surface area contributed by atoms with Crippen molar-refractivity contribution in [1.82, 2.24) is 0 Å². The molecule has 3 N–H and O–H groups in total. The Bertz CT molecular complexity index is 369. The van der Waals surface area contributed by atoms with E-state index < -0.39 is 0 Å². The number of nitrogens with one attached hydrogen (secondary N) is 1. The molecule has 4 heteroatoms. The highest BCUT2D eigenvalue weighted by Gasteiger charge is 2.01. The van der Waals surface area contributed by atoms with Crippen LogP contribution in [-0.4, -0.2) is 26.4 Å². The first kappa shape index (κ1) is 16.6. The molecule has 0 saturated carbocycles. The zero-order chi connectivity index (χ0) is 14.6. The average molecular weight is 280 g/mol. The summed E-state index contributed by atoms with van der Waals surface area (Å²) in [5.74, 6) is 0.760. The van der Waals surface area contributed by atoms with Crippen LogP contribution in [0.1, 0.15) is 39.5 Å². The molecule has 0 spiro atoms. The van der Waals surface area contributed by atoms with Gasteiger partial charge in [-0.2, -0.15) is 0 Å². The molecule has 0 unspecified atom stereocenters. The Morgan fingerprint density at radius 1 is 1.05 bits per heavy atom. The van der Waals surface area contributed by atoms with Crippen molar-refractivity contribution in [2.75, 3.05) is 37.4 Å². The predicted octanol–water partition coefficient (Wildman–Crippen LogP) is 3.68. The van der Waals surface area contributed by atoms with Crippen LogP contribution in [0.5, 0.6) is 5.75 Å². The number of hydrogen-bond acceptors (Lipinski definition) is 4. The molecule has 0 atom stereocenters. The Morgan fingerprint density at radius 2 is 1.85 bits per heavy atom. The van der Waals surface area contributed by atoms with Gasteiger partial charge >= 0.3 is 0 Å². The lowest BCUT2D eigenvalue weighted by Crippen LogP contribution is -2.07. The molecule has 0 aliphatic rings. The van der Waals surface area contributed by atoms with Crippen LogP contribution in [0.25, 0.3) is 0 Å². The third-order valence-electron chi connectivity index (χ3n) is 2.91. The molecule has 20 heavy (non-hydrogen) atoms. The van der Waals surface area contributed by atoms with Gasteiger partial charge in [-0.3, -0.25) is 0 Å². The molecule has 114 valence electrons. The molecule has 1 aromatic rings. The molecule has 4 nitrogen and oxygen atoms in total. The number of benzene rings is 1. The summed E-state index contributed by atoms with van der Waals surface area (Å²) < 4.78 is 11.1. The van der Waals surface area contributed by atoms with E-state index in [1.165, 1.54) is 6.42 Å². The Balaban J connectivity index is 2.26. The third kappa shape index (κ3) is 6.66. The van der Waals surface area contributed by atoms with E-state index in [-0.39, 0.29) is 0 Å². The van der Waals surface area contributed by atoms with Crippen LogP contribution >= 0.6 is 0 Å². The van der Waals surface area contributed by atoms with Gasteiger partial charge in [0.05, 0.1) is 12.3 Å². The van der Waals surface area contributed by atoms with Gasteiger partial charge in [0, 0.05) is 31.5 Å². The van der Waals surface area contributed by atoms with Gasteiger partial charge in [-0.25, -0.2) is 0 Å². The normalized spacial score (nSPS) is 10.5. The average Bonchev–Trinajstić information content (AvgIpc) is 2.46. The lowest BCUT2D eigenvalue weighted by Gasteiger charge is -2.11. The topological polar surface area (TPSA) is 56.5 Å². The van der Waals surface area contributed by atoms with Crippen molar-refractivity contribution in [3.05, 3.63) is 18.2 Å². The number of ether oxygens (including phenoxy) is 2. The number of unbranched alkanes of at least 4 members (excludes halogenated alkanes) is 1. The van der Waals surface area contributed by atoms with Gasteiger partial charge < -0.3 is 20.5 Å². The summed E-state index contributed by atoms with van der Waals surface area (Å²) in [6.45, 7) is 7.51. The van der Waals surface area contributed by atoms with Crippen LogP contribution in [-0.2, 0) is 4.74 Å². The summed E-state index contributed by atoms with van der Waals surface area (Å²) in [7, 11) is 0. The summed E-state index contributed by atoms with van der Waals surface area (Å²) >= 11 is 0. The van der Waals surface area contributed by atoms with Crippen molar-refractivity contribution < 1.29 is 9.47 Å². The second kappa shape index (κ2) is 10.4. The molecular weight excluding hydrogens is 252 g/mol. The number of nitrogen functional groups attached to an aromatic ring is 1. The molecule has 0 aromatic heterocycles. The van der Waals surface area contributed by atoms with Crippen molar-refractivity contribution >= 4 is 11.4 Å². The van der Waals surface area contributed by atoms with Gasteiger partial charge in [0.25, 0.3) is 0 Å². The zero-order valence-corrected chi connectivity index (χ0v) is 12.8. The van der Waals surface area contributed by atoms with Crippen molar-refractivity contribution in [3.63, 3.8) is 0 Å². The fraction of sp³-hybridized carbons (Fsp3) is 0.625. The second-order valence-corrected chi connectivity index (χ2v) is 4.85. The van der Waals surface area contributed by atoms with Crippen LogP contribution in [0, 0.1) is 0 Å². The number of hydrogen-bond donors (Lipinski definition) is 2. The molecule has 0 fully saturated rings. The minimum atomic E-state index is 0.687. The maximum absolute atomic E-state index is 5.88. The summed E-state index contributed by atoms with van der Waals surface area (Å²) in [5, 5.41) is 3.36. The molecule has 0 amide bonds. The van der Waals surface area contributed by atoms with Crippen molar-refractivity contribution in [1.29, 1.82) is 0 Å². The Morgan fingerprint density at radius 3 is 2.60 bits per heavy atom. The van der Waals surface area contributed by atoms with Gasteiger partial charge in [-0.15, -0.1) is 0 Å². The smallest absolute Gasteiger partial charge is 0.144 e.